The van der Waals surface area contributed by atoms with E-state index in [2.05, 4.69) is 15.2 Å². The van der Waals surface area contributed by atoms with Crippen molar-refractivity contribution >= 4 is 11.7 Å². The minimum absolute atomic E-state index is 0.00366. The second-order valence-corrected chi connectivity index (χ2v) is 6.63. The number of pyridine rings is 1. The van der Waals surface area contributed by atoms with Crippen molar-refractivity contribution in [2.75, 3.05) is 31.3 Å². The van der Waals surface area contributed by atoms with Gasteiger partial charge in [-0.2, -0.15) is 4.39 Å². The van der Waals surface area contributed by atoms with Gasteiger partial charge in [-0.1, -0.05) is 12.1 Å². The molecular formula is C19H21FN4O3. The lowest BCUT2D eigenvalue weighted by atomic mass is 10.1. The number of anilines is 1. The van der Waals surface area contributed by atoms with Gasteiger partial charge in [0.2, 0.25) is 12.7 Å². The molecule has 3 heterocycles. The Labute approximate surface area is 156 Å². The maximum absolute atomic E-state index is 13.3. The van der Waals surface area contributed by atoms with Crippen LogP contribution >= 0.6 is 0 Å². The maximum atomic E-state index is 13.3. The molecule has 0 bridgehead atoms. The van der Waals surface area contributed by atoms with Crippen LogP contribution < -0.4 is 19.7 Å². The second-order valence-electron chi connectivity index (χ2n) is 6.63. The Bertz CT molecular complexity index is 847. The van der Waals surface area contributed by atoms with Crippen molar-refractivity contribution in [2.45, 2.75) is 19.5 Å². The van der Waals surface area contributed by atoms with Gasteiger partial charge in [-0.25, -0.2) is 9.78 Å². The molecule has 4 rings (SSSR count). The molecule has 142 valence electrons. The molecule has 0 saturated carbocycles. The van der Waals surface area contributed by atoms with Gasteiger partial charge < -0.3 is 24.6 Å². The third-order valence-electron chi connectivity index (χ3n) is 4.87. The van der Waals surface area contributed by atoms with Crippen LogP contribution in [0, 0.1) is 5.95 Å². The zero-order valence-electron chi connectivity index (χ0n) is 15.0. The fourth-order valence-electron chi connectivity index (χ4n) is 3.49. The van der Waals surface area contributed by atoms with Gasteiger partial charge in [0, 0.05) is 55.7 Å². The van der Waals surface area contributed by atoms with E-state index in [1.165, 1.54) is 12.3 Å². The van der Waals surface area contributed by atoms with E-state index in [-0.39, 0.29) is 18.9 Å². The summed E-state index contributed by atoms with van der Waals surface area (Å²) in [7, 11) is 0. The first kappa shape index (κ1) is 17.4. The monoisotopic (exact) mass is 372 g/mol. The Kier molecular flexibility index (Phi) is 4.70. The molecule has 0 radical (unpaired) electrons. The number of hydrogen-bond donors (Lipinski definition) is 1. The molecule has 1 aromatic carbocycles. The smallest absolute Gasteiger partial charge is 0.318 e. The average Bonchev–Trinajstić information content (AvgIpc) is 3.15. The van der Waals surface area contributed by atoms with Crippen LogP contribution in [0.2, 0.25) is 0 Å². The van der Waals surface area contributed by atoms with E-state index in [4.69, 9.17) is 9.47 Å². The molecule has 0 spiro atoms. The number of halogens is 1. The number of amides is 2. The van der Waals surface area contributed by atoms with E-state index in [0.29, 0.717) is 37.7 Å². The van der Waals surface area contributed by atoms with Gasteiger partial charge in [-0.3, -0.25) is 0 Å². The van der Waals surface area contributed by atoms with Gasteiger partial charge in [0.05, 0.1) is 0 Å². The van der Waals surface area contributed by atoms with E-state index in [1.807, 2.05) is 25.1 Å². The molecule has 1 N–H and O–H groups in total. The van der Waals surface area contributed by atoms with Crippen molar-refractivity contribution in [1.29, 1.82) is 0 Å². The van der Waals surface area contributed by atoms with Crippen LogP contribution in [0.5, 0.6) is 11.5 Å². The number of benzene rings is 1. The van der Waals surface area contributed by atoms with E-state index in [1.54, 1.807) is 11.0 Å². The zero-order chi connectivity index (χ0) is 18.8. The number of piperazine rings is 1. The highest BCUT2D eigenvalue weighted by Crippen LogP contribution is 2.35. The minimum atomic E-state index is -0.498. The fraction of sp³-hybridized carbons (Fsp3) is 0.368. The number of carbonyl (C=O) groups is 1. The first-order chi connectivity index (χ1) is 13.1. The molecule has 0 unspecified atom stereocenters. The summed E-state index contributed by atoms with van der Waals surface area (Å²) in [6.07, 6.45) is 1.46. The van der Waals surface area contributed by atoms with Gasteiger partial charge in [0.15, 0.2) is 11.5 Å². The van der Waals surface area contributed by atoms with Crippen molar-refractivity contribution in [3.05, 3.63) is 48.0 Å². The Hall–Kier alpha value is -3.03. The van der Waals surface area contributed by atoms with Crippen LogP contribution in [0.1, 0.15) is 12.5 Å². The lowest BCUT2D eigenvalue weighted by Crippen LogP contribution is -2.56. The highest BCUT2D eigenvalue weighted by molar-refractivity contribution is 5.75. The quantitative estimate of drug-likeness (QED) is 0.838. The van der Waals surface area contributed by atoms with Crippen molar-refractivity contribution in [3.8, 4) is 11.5 Å². The van der Waals surface area contributed by atoms with Crippen LogP contribution in [0.25, 0.3) is 0 Å². The standard InChI is InChI=1S/C19H21FN4O3/c1-13-11-23(15-5-6-21-17(20)9-15)7-8-24(13)19(25)22-10-14-3-2-4-16-18(14)27-12-26-16/h2-6,9,13H,7-8,10-12H2,1H3,(H,22,25)/t13-/m1/s1. The summed E-state index contributed by atoms with van der Waals surface area (Å²) in [4.78, 5) is 20.1. The largest absolute Gasteiger partial charge is 0.454 e. The number of aromatic nitrogens is 1. The molecule has 7 nitrogen and oxygen atoms in total. The van der Waals surface area contributed by atoms with Crippen molar-refractivity contribution in [1.82, 2.24) is 15.2 Å². The number of nitrogens with one attached hydrogen (secondary N) is 1. The molecule has 0 aliphatic carbocycles. The van der Waals surface area contributed by atoms with Crippen LogP contribution in [0.15, 0.2) is 36.5 Å². The number of fused-ring (bicyclic) bond motifs is 1. The molecule has 2 aliphatic rings. The molecule has 1 atom stereocenters. The number of hydrogen-bond acceptors (Lipinski definition) is 5. The number of para-hydroxylation sites is 1. The van der Waals surface area contributed by atoms with Crippen LogP contribution in [-0.4, -0.2) is 48.4 Å². The molecule has 8 heteroatoms. The van der Waals surface area contributed by atoms with Gasteiger partial charge >= 0.3 is 6.03 Å². The normalized spacial score (nSPS) is 18.5. The predicted molar refractivity (Wildman–Crippen MR) is 97.4 cm³/mol. The lowest BCUT2D eigenvalue weighted by Gasteiger charge is -2.40. The zero-order valence-corrected chi connectivity index (χ0v) is 15.0. The molecule has 1 fully saturated rings. The summed E-state index contributed by atoms with van der Waals surface area (Å²) in [5, 5.41) is 2.96. The molecule has 27 heavy (non-hydrogen) atoms. The van der Waals surface area contributed by atoms with Crippen LogP contribution in [0.4, 0.5) is 14.9 Å². The third-order valence-corrected chi connectivity index (χ3v) is 4.87. The van der Waals surface area contributed by atoms with Gasteiger partial charge in [-0.15, -0.1) is 0 Å². The molecule has 2 amide bonds. The number of carbonyl (C=O) groups excluding carboxylic acids is 1. The van der Waals surface area contributed by atoms with E-state index < -0.39 is 5.95 Å². The summed E-state index contributed by atoms with van der Waals surface area (Å²) in [6.45, 7) is 4.39. The molecule has 2 aliphatic heterocycles. The molecular weight excluding hydrogens is 351 g/mol. The molecule has 1 aromatic heterocycles. The fourth-order valence-corrected chi connectivity index (χ4v) is 3.49. The van der Waals surface area contributed by atoms with Gasteiger partial charge in [-0.05, 0) is 19.1 Å². The van der Waals surface area contributed by atoms with E-state index in [0.717, 1.165) is 11.3 Å². The summed E-state index contributed by atoms with van der Waals surface area (Å²) >= 11 is 0. The van der Waals surface area contributed by atoms with Gasteiger partial charge in [0.1, 0.15) is 0 Å². The minimum Gasteiger partial charge on any atom is -0.454 e. The average molecular weight is 372 g/mol. The Morgan fingerprint density at radius 3 is 3.04 bits per heavy atom. The highest BCUT2D eigenvalue weighted by Gasteiger charge is 2.28. The van der Waals surface area contributed by atoms with E-state index >= 15 is 0 Å². The SMILES string of the molecule is C[C@@H]1CN(c2ccnc(F)c2)CCN1C(=O)NCc1cccc2c1OCO2. The summed E-state index contributed by atoms with van der Waals surface area (Å²) in [5.41, 5.74) is 1.67. The second kappa shape index (κ2) is 7.30. The number of ether oxygens (including phenoxy) is 2. The highest BCUT2D eigenvalue weighted by atomic mass is 19.1. The van der Waals surface area contributed by atoms with Crippen molar-refractivity contribution < 1.29 is 18.7 Å². The Morgan fingerprint density at radius 1 is 1.33 bits per heavy atom. The summed E-state index contributed by atoms with van der Waals surface area (Å²) < 4.78 is 24.2. The number of urea groups is 1. The predicted octanol–water partition coefficient (Wildman–Crippen LogP) is 2.37. The van der Waals surface area contributed by atoms with Crippen LogP contribution in [-0.2, 0) is 6.54 Å². The van der Waals surface area contributed by atoms with Gasteiger partial charge in [0.25, 0.3) is 0 Å². The third kappa shape index (κ3) is 3.60. The summed E-state index contributed by atoms with van der Waals surface area (Å²) in [5.74, 6) is 0.894. The summed E-state index contributed by atoms with van der Waals surface area (Å²) in [6, 6.07) is 8.70. The maximum Gasteiger partial charge on any atom is 0.318 e. The lowest BCUT2D eigenvalue weighted by molar-refractivity contribution is 0.169. The topological polar surface area (TPSA) is 66.9 Å². The number of nitrogens with zero attached hydrogens (tertiary/aromatic N) is 3. The van der Waals surface area contributed by atoms with Crippen LogP contribution in [0.3, 0.4) is 0 Å². The number of rotatable bonds is 3. The Morgan fingerprint density at radius 2 is 2.22 bits per heavy atom. The van der Waals surface area contributed by atoms with Crippen molar-refractivity contribution in [2.24, 2.45) is 0 Å². The molecule has 1 saturated heterocycles. The molecule has 2 aromatic rings. The van der Waals surface area contributed by atoms with E-state index in [9.17, 15) is 9.18 Å². The van der Waals surface area contributed by atoms with Crippen molar-refractivity contribution in [3.63, 3.8) is 0 Å². The first-order valence-electron chi connectivity index (χ1n) is 8.90. The first-order valence-corrected chi connectivity index (χ1v) is 8.90. The Balaban J connectivity index is 1.36.